The third-order valence-corrected chi connectivity index (χ3v) is 4.16. The van der Waals surface area contributed by atoms with E-state index in [1.165, 1.54) is 18.4 Å². The monoisotopic (exact) mass is 277 g/mol. The number of nitrogens with zero attached hydrogens (tertiary/aromatic N) is 1. The van der Waals surface area contributed by atoms with Crippen LogP contribution in [0.4, 0.5) is 0 Å². The number of para-hydroxylation sites is 1. The molecular weight excluding hydrogens is 250 g/mol. The lowest BCUT2D eigenvalue weighted by Crippen LogP contribution is -2.33. The molecule has 0 unspecified atom stereocenters. The largest absolute Gasteiger partial charge is 0.491 e. The zero-order valence-electron chi connectivity index (χ0n) is 12.7. The number of likely N-dealkylation sites (tertiary alicyclic amines) is 1. The first-order valence-corrected chi connectivity index (χ1v) is 7.82. The van der Waals surface area contributed by atoms with Crippen LogP contribution >= 0.6 is 0 Å². The molecule has 1 aromatic rings. The van der Waals surface area contributed by atoms with Gasteiger partial charge in [0.2, 0.25) is 0 Å². The maximum absolute atomic E-state index is 10.1. The average molecular weight is 277 g/mol. The summed E-state index contributed by atoms with van der Waals surface area (Å²) in [6, 6.07) is 8.17. The summed E-state index contributed by atoms with van der Waals surface area (Å²) in [5.41, 5.74) is 1.24. The van der Waals surface area contributed by atoms with Gasteiger partial charge in [0.15, 0.2) is 0 Å². The summed E-state index contributed by atoms with van der Waals surface area (Å²) in [5, 5.41) is 10.1. The molecule has 1 aromatic carbocycles. The molecule has 0 aliphatic carbocycles. The molecule has 0 spiro atoms. The minimum atomic E-state index is -0.405. The van der Waals surface area contributed by atoms with Gasteiger partial charge >= 0.3 is 0 Å². The lowest BCUT2D eigenvalue weighted by molar-refractivity contribution is 0.0753. The van der Waals surface area contributed by atoms with Gasteiger partial charge in [0.1, 0.15) is 18.5 Å². The van der Waals surface area contributed by atoms with Gasteiger partial charge in [-0.3, -0.25) is 0 Å². The third kappa shape index (κ3) is 4.22. The molecule has 3 nitrogen and oxygen atoms in total. The highest BCUT2D eigenvalue weighted by atomic mass is 16.5. The molecule has 1 heterocycles. The average Bonchev–Trinajstić information content (AvgIpc) is 2.97. The molecule has 0 saturated carbocycles. The Kier molecular flexibility index (Phi) is 5.86. The molecule has 2 atom stereocenters. The molecule has 0 amide bonds. The van der Waals surface area contributed by atoms with Gasteiger partial charge in [-0.15, -0.1) is 0 Å². The topological polar surface area (TPSA) is 32.7 Å². The van der Waals surface area contributed by atoms with Crippen LogP contribution in [-0.4, -0.2) is 42.4 Å². The van der Waals surface area contributed by atoms with Crippen LogP contribution in [-0.2, 0) is 0 Å². The fourth-order valence-corrected chi connectivity index (χ4v) is 2.74. The van der Waals surface area contributed by atoms with Crippen LogP contribution in [0.25, 0.3) is 0 Å². The van der Waals surface area contributed by atoms with Crippen molar-refractivity contribution in [3.63, 3.8) is 0 Å². The predicted octanol–water partition coefficient (Wildman–Crippen LogP) is 3.04. The van der Waals surface area contributed by atoms with Crippen LogP contribution in [0.1, 0.15) is 44.6 Å². The van der Waals surface area contributed by atoms with Crippen molar-refractivity contribution in [3.05, 3.63) is 29.8 Å². The first kappa shape index (κ1) is 15.3. The van der Waals surface area contributed by atoms with Gasteiger partial charge in [-0.05, 0) is 49.9 Å². The predicted molar refractivity (Wildman–Crippen MR) is 82.3 cm³/mol. The van der Waals surface area contributed by atoms with Crippen molar-refractivity contribution in [1.29, 1.82) is 0 Å². The summed E-state index contributed by atoms with van der Waals surface area (Å²) in [5.74, 6) is 1.41. The van der Waals surface area contributed by atoms with Gasteiger partial charge in [-0.1, -0.05) is 32.0 Å². The zero-order valence-corrected chi connectivity index (χ0v) is 12.7. The van der Waals surface area contributed by atoms with Crippen LogP contribution in [0.15, 0.2) is 24.3 Å². The molecule has 1 aliphatic heterocycles. The van der Waals surface area contributed by atoms with Gasteiger partial charge < -0.3 is 14.7 Å². The highest BCUT2D eigenvalue weighted by molar-refractivity contribution is 5.35. The van der Waals surface area contributed by atoms with Crippen molar-refractivity contribution in [3.8, 4) is 5.75 Å². The molecule has 1 aliphatic rings. The van der Waals surface area contributed by atoms with E-state index in [2.05, 4.69) is 30.9 Å². The number of hydrogen-bond acceptors (Lipinski definition) is 3. The number of aliphatic hydroxyl groups is 1. The van der Waals surface area contributed by atoms with Gasteiger partial charge in [0.05, 0.1) is 0 Å². The van der Waals surface area contributed by atoms with E-state index >= 15 is 0 Å². The van der Waals surface area contributed by atoms with Crippen LogP contribution < -0.4 is 4.74 Å². The normalized spacial score (nSPS) is 18.9. The van der Waals surface area contributed by atoms with E-state index in [1.54, 1.807) is 0 Å². The number of ether oxygens (including phenoxy) is 1. The van der Waals surface area contributed by atoms with Gasteiger partial charge in [0, 0.05) is 6.54 Å². The molecule has 3 heteroatoms. The van der Waals surface area contributed by atoms with Crippen LogP contribution in [0.3, 0.4) is 0 Å². The minimum absolute atomic E-state index is 0.379. The molecule has 112 valence electrons. The Morgan fingerprint density at radius 1 is 1.25 bits per heavy atom. The molecular formula is C17H27NO2. The summed E-state index contributed by atoms with van der Waals surface area (Å²) < 4.78 is 5.86. The molecule has 0 aromatic heterocycles. The van der Waals surface area contributed by atoms with E-state index in [9.17, 15) is 5.11 Å². The molecule has 20 heavy (non-hydrogen) atoms. The summed E-state index contributed by atoms with van der Waals surface area (Å²) in [7, 11) is 0. The first-order valence-electron chi connectivity index (χ1n) is 7.82. The van der Waals surface area contributed by atoms with E-state index in [-0.39, 0.29) is 0 Å². The van der Waals surface area contributed by atoms with Gasteiger partial charge in [-0.2, -0.15) is 0 Å². The Balaban J connectivity index is 1.86. The van der Waals surface area contributed by atoms with E-state index < -0.39 is 6.10 Å². The molecule has 1 saturated heterocycles. The molecule has 1 N–H and O–H groups in total. The Labute approximate surface area is 122 Å². The Bertz CT molecular complexity index is 402. The summed E-state index contributed by atoms with van der Waals surface area (Å²) in [6.07, 6.45) is 3.20. The highest BCUT2D eigenvalue weighted by Crippen LogP contribution is 2.28. The number of hydrogen-bond donors (Lipinski definition) is 1. The van der Waals surface area contributed by atoms with Crippen molar-refractivity contribution in [2.24, 2.45) is 0 Å². The number of benzene rings is 1. The lowest BCUT2D eigenvalue weighted by atomic mass is 9.98. The lowest BCUT2D eigenvalue weighted by Gasteiger charge is -2.21. The maximum atomic E-state index is 10.1. The van der Waals surface area contributed by atoms with E-state index in [0.717, 1.165) is 31.8 Å². The number of β-amino-alcohol motifs (C(OH)–C–C–N with tert-alkyl or cyclic N) is 1. The Morgan fingerprint density at radius 3 is 2.65 bits per heavy atom. The Hall–Kier alpha value is -1.06. The summed E-state index contributed by atoms with van der Waals surface area (Å²) >= 11 is 0. The van der Waals surface area contributed by atoms with Crippen molar-refractivity contribution in [2.45, 2.75) is 45.1 Å². The van der Waals surface area contributed by atoms with Crippen LogP contribution in [0.2, 0.25) is 0 Å². The number of rotatable bonds is 7. The van der Waals surface area contributed by atoms with Crippen LogP contribution in [0, 0.1) is 0 Å². The fourth-order valence-electron chi connectivity index (χ4n) is 2.74. The molecule has 0 radical (unpaired) electrons. The van der Waals surface area contributed by atoms with E-state index in [1.807, 2.05) is 12.1 Å². The third-order valence-electron chi connectivity index (χ3n) is 4.16. The first-order chi connectivity index (χ1) is 9.70. The van der Waals surface area contributed by atoms with Crippen molar-refractivity contribution >= 4 is 0 Å². The standard InChI is InChI=1S/C17H27NO2/c1-3-14(2)16-8-4-5-9-17(16)20-13-15(19)12-18-10-6-7-11-18/h4-5,8-9,14-15,19H,3,6-7,10-13H2,1-2H3/t14-,15-/m1/s1. The second-order valence-electron chi connectivity index (χ2n) is 5.82. The second kappa shape index (κ2) is 7.65. The molecule has 1 fully saturated rings. The fraction of sp³-hybridized carbons (Fsp3) is 0.647. The van der Waals surface area contributed by atoms with Gasteiger partial charge in [-0.25, -0.2) is 0 Å². The maximum Gasteiger partial charge on any atom is 0.122 e. The summed E-state index contributed by atoms with van der Waals surface area (Å²) in [4.78, 5) is 2.31. The quantitative estimate of drug-likeness (QED) is 0.831. The smallest absolute Gasteiger partial charge is 0.122 e. The minimum Gasteiger partial charge on any atom is -0.491 e. The van der Waals surface area contributed by atoms with Crippen molar-refractivity contribution in [2.75, 3.05) is 26.2 Å². The second-order valence-corrected chi connectivity index (χ2v) is 5.82. The van der Waals surface area contributed by atoms with Crippen LogP contribution in [0.5, 0.6) is 5.75 Å². The Morgan fingerprint density at radius 2 is 1.95 bits per heavy atom. The zero-order chi connectivity index (χ0) is 14.4. The van der Waals surface area contributed by atoms with Crippen molar-refractivity contribution < 1.29 is 9.84 Å². The van der Waals surface area contributed by atoms with Gasteiger partial charge in [0.25, 0.3) is 0 Å². The SMILES string of the molecule is CC[C@@H](C)c1ccccc1OC[C@H](O)CN1CCCC1. The highest BCUT2D eigenvalue weighted by Gasteiger charge is 2.17. The number of aliphatic hydroxyl groups excluding tert-OH is 1. The molecule has 2 rings (SSSR count). The summed E-state index contributed by atoms with van der Waals surface area (Å²) in [6.45, 7) is 7.73. The van der Waals surface area contributed by atoms with E-state index in [0.29, 0.717) is 12.5 Å². The van der Waals surface area contributed by atoms with Crippen molar-refractivity contribution in [1.82, 2.24) is 4.90 Å². The molecule has 0 bridgehead atoms. The van der Waals surface area contributed by atoms with E-state index in [4.69, 9.17) is 4.74 Å².